The van der Waals surface area contributed by atoms with Gasteiger partial charge in [-0.05, 0) is 62.1 Å². The monoisotopic (exact) mass is 601 g/mol. The Morgan fingerprint density at radius 2 is 1.95 bits per heavy atom. The molecule has 2 aromatic heterocycles. The number of nitrogen functional groups attached to an aromatic ring is 1. The number of hydrogen-bond donors (Lipinski definition) is 4. The Kier molecular flexibility index (Phi) is 7.82. The molecular formula is C28H26ClF2N5O4S. The molecule has 1 aliphatic carbocycles. The van der Waals surface area contributed by atoms with E-state index in [1.54, 1.807) is 6.92 Å². The van der Waals surface area contributed by atoms with Crippen LogP contribution in [0.3, 0.4) is 0 Å². The van der Waals surface area contributed by atoms with Gasteiger partial charge < -0.3 is 26.6 Å². The number of nitrogens with one attached hydrogen (secondary N) is 1. The summed E-state index contributed by atoms with van der Waals surface area (Å²) in [5.41, 5.74) is 10.8. The van der Waals surface area contributed by atoms with E-state index in [2.05, 4.69) is 10.3 Å². The van der Waals surface area contributed by atoms with Crippen LogP contribution in [0.25, 0.3) is 21.5 Å². The highest BCUT2D eigenvalue weighted by Gasteiger charge is 2.47. The second-order valence-corrected chi connectivity index (χ2v) is 11.3. The van der Waals surface area contributed by atoms with Crippen molar-refractivity contribution >= 4 is 50.1 Å². The highest BCUT2D eigenvalue weighted by atomic mass is 35.5. The number of rotatable bonds is 10. The summed E-state index contributed by atoms with van der Waals surface area (Å²) in [6, 6.07) is 8.07. The lowest BCUT2D eigenvalue weighted by Gasteiger charge is -2.30. The number of fused-ring (bicyclic) bond motifs is 1. The number of benzene rings is 2. The van der Waals surface area contributed by atoms with E-state index in [4.69, 9.17) is 32.8 Å². The number of hydrogen-bond acceptors (Lipinski definition) is 8. The Labute approximate surface area is 242 Å². The predicted molar refractivity (Wildman–Crippen MR) is 152 cm³/mol. The molecule has 4 aromatic rings. The molecule has 1 saturated carbocycles. The van der Waals surface area contributed by atoms with Gasteiger partial charge in [0, 0.05) is 16.7 Å². The number of amides is 2. The summed E-state index contributed by atoms with van der Waals surface area (Å²) in [7, 11) is 0. The normalized spacial score (nSPS) is 14.6. The molecule has 9 nitrogen and oxygen atoms in total. The van der Waals surface area contributed by atoms with E-state index >= 15 is 0 Å². The van der Waals surface area contributed by atoms with E-state index in [0.29, 0.717) is 28.7 Å². The van der Waals surface area contributed by atoms with Crippen LogP contribution in [-0.2, 0) is 16.8 Å². The van der Waals surface area contributed by atoms with Crippen LogP contribution in [0.1, 0.15) is 41.4 Å². The molecule has 41 heavy (non-hydrogen) atoms. The number of anilines is 1. The maximum atomic E-state index is 14.6. The number of carbonyl (C=O) groups excluding carboxylic acids is 2. The van der Waals surface area contributed by atoms with Crippen molar-refractivity contribution < 1.29 is 28.2 Å². The van der Waals surface area contributed by atoms with Gasteiger partial charge in [-0.15, -0.1) is 0 Å². The number of halogens is 3. The van der Waals surface area contributed by atoms with E-state index in [1.165, 1.54) is 30.3 Å². The zero-order chi connectivity index (χ0) is 29.5. The van der Waals surface area contributed by atoms with Crippen LogP contribution in [0.4, 0.5) is 13.9 Å². The zero-order valence-corrected chi connectivity index (χ0v) is 23.4. The Balaban J connectivity index is 1.55. The quantitative estimate of drug-likeness (QED) is 0.211. The molecule has 1 aliphatic rings. The third-order valence-corrected chi connectivity index (χ3v) is 7.96. The first-order valence-electron chi connectivity index (χ1n) is 12.8. The summed E-state index contributed by atoms with van der Waals surface area (Å²) in [5, 5.41) is 14.7. The van der Waals surface area contributed by atoms with Gasteiger partial charge in [0.2, 0.25) is 5.91 Å². The largest absolute Gasteiger partial charge is 0.491 e. The molecule has 13 heteroatoms. The fraction of sp³-hybridized carbons (Fsp3) is 0.286. The highest BCUT2D eigenvalue weighted by Crippen LogP contribution is 2.47. The number of carbonyl (C=O) groups is 2. The molecule has 0 aliphatic heterocycles. The number of aromatic nitrogens is 2. The Bertz CT molecular complexity index is 1680. The first kappa shape index (κ1) is 28.7. The third kappa shape index (κ3) is 5.81. The van der Waals surface area contributed by atoms with Crippen LogP contribution < -0.4 is 21.5 Å². The fourth-order valence-electron chi connectivity index (χ4n) is 4.73. The van der Waals surface area contributed by atoms with Gasteiger partial charge in [0.15, 0.2) is 10.9 Å². The molecule has 0 unspecified atom stereocenters. The van der Waals surface area contributed by atoms with E-state index in [0.717, 1.165) is 17.4 Å². The summed E-state index contributed by atoms with van der Waals surface area (Å²) in [6.45, 7) is 1.71. The van der Waals surface area contributed by atoms with Crippen LogP contribution in [0, 0.1) is 17.6 Å². The van der Waals surface area contributed by atoms with Crippen molar-refractivity contribution in [2.24, 2.45) is 11.7 Å². The molecule has 1 fully saturated rings. The fourth-order valence-corrected chi connectivity index (χ4v) is 5.70. The van der Waals surface area contributed by atoms with Crippen molar-refractivity contribution in [3.63, 3.8) is 0 Å². The number of aliphatic hydroxyl groups is 1. The molecule has 0 saturated heterocycles. The van der Waals surface area contributed by atoms with Gasteiger partial charge in [-0.25, -0.2) is 18.7 Å². The minimum absolute atomic E-state index is 0.0347. The molecule has 2 amide bonds. The van der Waals surface area contributed by atoms with Crippen molar-refractivity contribution in [1.82, 2.24) is 15.3 Å². The lowest BCUT2D eigenvalue weighted by Crippen LogP contribution is -2.43. The zero-order valence-electron chi connectivity index (χ0n) is 21.8. The standard InChI is InChI=1S/C28H26ClF2N5O4S/c1-2-40-25-14(11-22(32)37)10-21(35-23(25)13-3-6-18(30)17(29)7-13)28(39,16-4-5-16)12-34-26(38)15-8-19(31)24-20(9-15)41-27(33)36-24/h3,6-10,16,39H,2,4-5,11-12H2,1H3,(H2,32,37)(H2,33,36)(H,34,38)/t28-/m1/s1. The first-order chi connectivity index (χ1) is 19.5. The molecule has 6 N–H and O–H groups in total. The molecule has 2 aromatic carbocycles. The number of ether oxygens (including phenoxy) is 1. The van der Waals surface area contributed by atoms with E-state index in [1.807, 2.05) is 0 Å². The van der Waals surface area contributed by atoms with Gasteiger partial charge in [0.25, 0.3) is 5.91 Å². The van der Waals surface area contributed by atoms with Crippen LogP contribution >= 0.6 is 22.9 Å². The van der Waals surface area contributed by atoms with Gasteiger partial charge >= 0.3 is 0 Å². The number of nitrogens with zero attached hydrogens (tertiary/aromatic N) is 2. The van der Waals surface area contributed by atoms with Gasteiger partial charge in [0.05, 0.1) is 35.0 Å². The second kappa shape index (κ2) is 11.2. The van der Waals surface area contributed by atoms with Gasteiger partial charge in [-0.1, -0.05) is 22.9 Å². The van der Waals surface area contributed by atoms with Crippen LogP contribution in [0.15, 0.2) is 36.4 Å². The van der Waals surface area contributed by atoms with Crippen LogP contribution in [0.2, 0.25) is 5.02 Å². The molecule has 5 rings (SSSR count). The minimum atomic E-state index is -1.66. The average Bonchev–Trinajstić information content (AvgIpc) is 3.71. The maximum absolute atomic E-state index is 14.6. The van der Waals surface area contributed by atoms with Crippen LogP contribution in [-0.4, -0.2) is 40.0 Å². The Morgan fingerprint density at radius 1 is 1.20 bits per heavy atom. The number of pyridine rings is 1. The van der Waals surface area contributed by atoms with E-state index in [9.17, 15) is 23.5 Å². The average molecular weight is 602 g/mol. The van der Waals surface area contributed by atoms with Crippen molar-refractivity contribution in [1.29, 1.82) is 0 Å². The first-order valence-corrected chi connectivity index (χ1v) is 14.0. The predicted octanol–water partition coefficient (Wildman–Crippen LogP) is 4.33. The molecule has 214 valence electrons. The van der Waals surface area contributed by atoms with Crippen molar-refractivity contribution in [2.45, 2.75) is 31.8 Å². The second-order valence-electron chi connectivity index (χ2n) is 9.79. The number of nitrogens with two attached hydrogens (primary N) is 2. The van der Waals surface area contributed by atoms with Crippen molar-refractivity contribution in [3.8, 4) is 17.0 Å². The van der Waals surface area contributed by atoms with Crippen LogP contribution in [0.5, 0.6) is 5.75 Å². The number of primary amides is 1. The SMILES string of the molecule is CCOc1c(CC(N)=O)cc([C@@](O)(CNC(=O)c2cc(F)c3nc(N)sc3c2)C2CC2)nc1-c1ccc(F)c(Cl)c1. The lowest BCUT2D eigenvalue weighted by molar-refractivity contribution is -0.117. The molecule has 2 heterocycles. The molecule has 0 radical (unpaired) electrons. The van der Waals surface area contributed by atoms with Gasteiger partial charge in [-0.3, -0.25) is 9.59 Å². The Hall–Kier alpha value is -3.87. The molecule has 0 bridgehead atoms. The van der Waals surface area contributed by atoms with Gasteiger partial charge in [-0.2, -0.15) is 0 Å². The molecule has 1 atom stereocenters. The van der Waals surface area contributed by atoms with Crippen molar-refractivity contribution in [3.05, 3.63) is 69.9 Å². The summed E-state index contributed by atoms with van der Waals surface area (Å²) in [5.74, 6) is -2.60. The lowest BCUT2D eigenvalue weighted by atomic mass is 9.90. The topological polar surface area (TPSA) is 153 Å². The van der Waals surface area contributed by atoms with Crippen molar-refractivity contribution in [2.75, 3.05) is 18.9 Å². The molecule has 0 spiro atoms. The smallest absolute Gasteiger partial charge is 0.251 e. The van der Waals surface area contributed by atoms with E-state index in [-0.39, 0.29) is 63.9 Å². The molecular weight excluding hydrogens is 576 g/mol. The Morgan fingerprint density at radius 3 is 2.61 bits per heavy atom. The summed E-state index contributed by atoms with van der Waals surface area (Å²) in [4.78, 5) is 33.7. The summed E-state index contributed by atoms with van der Waals surface area (Å²) >= 11 is 7.10. The van der Waals surface area contributed by atoms with Gasteiger partial charge in [0.1, 0.15) is 28.4 Å². The minimum Gasteiger partial charge on any atom is -0.491 e. The summed E-state index contributed by atoms with van der Waals surface area (Å²) < 4.78 is 34.8. The highest BCUT2D eigenvalue weighted by molar-refractivity contribution is 7.22. The van der Waals surface area contributed by atoms with E-state index < -0.39 is 29.0 Å². The third-order valence-electron chi connectivity index (χ3n) is 6.84. The summed E-state index contributed by atoms with van der Waals surface area (Å²) in [6.07, 6.45) is 1.09. The number of thiazole rings is 1. The maximum Gasteiger partial charge on any atom is 0.251 e.